The van der Waals surface area contributed by atoms with Crippen molar-refractivity contribution in [3.63, 3.8) is 0 Å². The number of amidine groups is 1. The molecule has 12 heteroatoms. The summed E-state index contributed by atoms with van der Waals surface area (Å²) in [6.45, 7) is 2.58. The number of thiol groups is 1. The first-order valence-electron chi connectivity index (χ1n) is 11.1. The number of aliphatic imine (C=N–C) groups is 3. The average Bonchev–Trinajstić information content (AvgIpc) is 3.43. The minimum atomic E-state index is -0.985. The lowest BCUT2D eigenvalue weighted by molar-refractivity contribution is -0.187. The molecule has 0 spiro atoms. The van der Waals surface area contributed by atoms with Crippen LogP contribution in [0, 0.1) is 0 Å². The number of hydroxylamine groups is 2. The molecule has 4 aliphatic heterocycles. The summed E-state index contributed by atoms with van der Waals surface area (Å²) in [5.74, 6) is 0.0518. The number of fused-ring (bicyclic) bond motifs is 1. The van der Waals surface area contributed by atoms with Crippen LogP contribution in [-0.4, -0.2) is 87.4 Å². The topological polar surface area (TPSA) is 142 Å². The van der Waals surface area contributed by atoms with Crippen molar-refractivity contribution in [2.45, 2.75) is 81.2 Å². The van der Waals surface area contributed by atoms with Gasteiger partial charge in [0.1, 0.15) is 24.9 Å². The van der Waals surface area contributed by atoms with E-state index in [-0.39, 0.29) is 36.0 Å². The van der Waals surface area contributed by atoms with E-state index >= 15 is 0 Å². The molecule has 0 aromatic heterocycles. The van der Waals surface area contributed by atoms with Gasteiger partial charge in [-0.3, -0.25) is 19.4 Å². The predicted octanol–water partition coefficient (Wildman–Crippen LogP) is 0.231. The Morgan fingerprint density at radius 1 is 1.31 bits per heavy atom. The number of nitrogens with two attached hydrogens (primary N) is 1. The Hall–Kier alpha value is -1.86. The Morgan fingerprint density at radius 3 is 2.75 bits per heavy atom. The summed E-state index contributed by atoms with van der Waals surface area (Å²) in [6, 6.07) is 0. The molecule has 4 heterocycles. The molecule has 2 amide bonds. The number of carbonyl (C=O) groups is 2. The van der Waals surface area contributed by atoms with Crippen LogP contribution < -0.4 is 5.73 Å². The summed E-state index contributed by atoms with van der Waals surface area (Å²) in [5, 5.41) is 10.9. The quantitative estimate of drug-likeness (QED) is 0.251. The number of unbranched alkanes of at least 4 members (excludes halogenated alkanes) is 2. The lowest BCUT2D eigenvalue weighted by Gasteiger charge is -2.32. The van der Waals surface area contributed by atoms with Gasteiger partial charge in [-0.05, 0) is 25.7 Å². The lowest BCUT2D eigenvalue weighted by atomic mass is 9.96. The van der Waals surface area contributed by atoms with E-state index in [1.165, 1.54) is 6.34 Å². The van der Waals surface area contributed by atoms with Crippen molar-refractivity contribution in [1.82, 2.24) is 9.96 Å². The fourth-order valence-corrected chi connectivity index (χ4v) is 4.79. The molecular formula is C20H30N6O5S. The molecule has 5 atom stereocenters. The summed E-state index contributed by atoms with van der Waals surface area (Å²) in [6.07, 6.45) is 4.00. The van der Waals surface area contributed by atoms with Crippen LogP contribution >= 0.6 is 12.6 Å². The van der Waals surface area contributed by atoms with Crippen LogP contribution in [0.3, 0.4) is 0 Å². The van der Waals surface area contributed by atoms with Gasteiger partial charge in [0.2, 0.25) is 0 Å². The van der Waals surface area contributed by atoms with Gasteiger partial charge < -0.3 is 20.5 Å². The molecule has 0 radical (unpaired) electrons. The number of aliphatic hydroxyl groups excluding tert-OH is 1. The maximum absolute atomic E-state index is 11.5. The molecule has 3 N–H and O–H groups in total. The Kier molecular flexibility index (Phi) is 6.96. The van der Waals surface area contributed by atoms with E-state index < -0.39 is 18.0 Å². The second-order valence-corrected chi connectivity index (χ2v) is 9.02. The number of aliphatic hydroxyl groups is 1. The van der Waals surface area contributed by atoms with Gasteiger partial charge in [-0.1, -0.05) is 13.3 Å². The molecule has 11 nitrogen and oxygen atoms in total. The van der Waals surface area contributed by atoms with Crippen molar-refractivity contribution < 1.29 is 24.3 Å². The van der Waals surface area contributed by atoms with Crippen molar-refractivity contribution in [2.75, 3.05) is 13.3 Å². The molecule has 2 fully saturated rings. The van der Waals surface area contributed by atoms with Crippen LogP contribution in [0.5, 0.6) is 0 Å². The van der Waals surface area contributed by atoms with Gasteiger partial charge in [-0.2, -0.15) is 17.7 Å². The number of rotatable bonds is 9. The first-order chi connectivity index (χ1) is 15.4. The number of carbonyl (C=O) groups excluding carboxylic acids is 2. The van der Waals surface area contributed by atoms with Gasteiger partial charge in [0.25, 0.3) is 11.8 Å². The SMILES string of the molecule is CC[C@H]1O[C@@H](N2CN=C3C2=NC=NC3(N)CCCCCON2C(=O)CCC2=O)[C@H](S)[C@@H]1O. The van der Waals surface area contributed by atoms with Crippen molar-refractivity contribution in [3.8, 4) is 0 Å². The van der Waals surface area contributed by atoms with Crippen LogP contribution in [0.25, 0.3) is 0 Å². The van der Waals surface area contributed by atoms with E-state index in [0.29, 0.717) is 44.1 Å². The van der Waals surface area contributed by atoms with Gasteiger partial charge in [0.15, 0.2) is 11.5 Å². The number of hydrogen-bond acceptors (Lipinski definition) is 11. The Morgan fingerprint density at radius 2 is 2.06 bits per heavy atom. The number of hydrogen-bond donors (Lipinski definition) is 3. The number of nitrogens with zero attached hydrogens (tertiary/aromatic N) is 5. The second kappa shape index (κ2) is 9.56. The zero-order valence-corrected chi connectivity index (χ0v) is 19.0. The molecule has 0 aromatic rings. The minimum absolute atomic E-state index is 0.216. The molecule has 0 aromatic carbocycles. The van der Waals surface area contributed by atoms with Gasteiger partial charge in [-0.25, -0.2) is 9.98 Å². The molecule has 2 saturated heterocycles. The fraction of sp³-hybridized carbons (Fsp3) is 0.750. The standard InChI is InChI=1S/C20H30N6O5S/c1-2-12-15(29)16(32)19(31-12)25-11-23-17-18(25)22-10-24-20(17,21)8-4-3-5-9-30-26-13(27)6-7-14(26)28/h10,12,15-16,19,29,32H,2-9,11,21H2,1H3/t12-,15-,16-,19-,20?/m1/s1. The highest BCUT2D eigenvalue weighted by Gasteiger charge is 2.49. The largest absolute Gasteiger partial charge is 0.389 e. The molecular weight excluding hydrogens is 436 g/mol. The monoisotopic (exact) mass is 466 g/mol. The number of amides is 2. The zero-order chi connectivity index (χ0) is 22.9. The minimum Gasteiger partial charge on any atom is -0.389 e. The summed E-state index contributed by atoms with van der Waals surface area (Å²) < 4.78 is 6.01. The molecule has 4 aliphatic rings. The molecule has 0 aliphatic carbocycles. The molecule has 32 heavy (non-hydrogen) atoms. The maximum Gasteiger partial charge on any atom is 0.253 e. The van der Waals surface area contributed by atoms with Crippen LogP contribution in [0.1, 0.15) is 51.9 Å². The fourth-order valence-electron chi connectivity index (χ4n) is 4.37. The van der Waals surface area contributed by atoms with E-state index in [1.54, 1.807) is 0 Å². The third kappa shape index (κ3) is 4.34. The first-order valence-corrected chi connectivity index (χ1v) is 11.6. The summed E-state index contributed by atoms with van der Waals surface area (Å²) >= 11 is 4.56. The highest BCUT2D eigenvalue weighted by molar-refractivity contribution is 7.81. The Labute approximate surface area is 192 Å². The summed E-state index contributed by atoms with van der Waals surface area (Å²) in [4.78, 5) is 43.7. The average molecular weight is 467 g/mol. The summed E-state index contributed by atoms with van der Waals surface area (Å²) in [7, 11) is 0. The number of imide groups is 1. The van der Waals surface area contributed by atoms with Crippen LogP contribution in [0.15, 0.2) is 15.0 Å². The third-order valence-corrected chi connectivity index (χ3v) is 6.78. The normalized spacial score (nSPS) is 34.4. The molecule has 0 bridgehead atoms. The predicted molar refractivity (Wildman–Crippen MR) is 120 cm³/mol. The zero-order valence-electron chi connectivity index (χ0n) is 18.1. The van der Waals surface area contributed by atoms with E-state index in [2.05, 4.69) is 27.6 Å². The highest BCUT2D eigenvalue weighted by atomic mass is 32.1. The van der Waals surface area contributed by atoms with Crippen LogP contribution in [-0.2, 0) is 19.2 Å². The van der Waals surface area contributed by atoms with Crippen molar-refractivity contribution >= 4 is 42.3 Å². The Balaban J connectivity index is 1.27. The lowest BCUT2D eigenvalue weighted by Crippen LogP contribution is -2.55. The van der Waals surface area contributed by atoms with E-state index in [4.69, 9.17) is 15.3 Å². The van der Waals surface area contributed by atoms with Gasteiger partial charge >= 0.3 is 0 Å². The van der Waals surface area contributed by atoms with Crippen molar-refractivity contribution in [3.05, 3.63) is 0 Å². The van der Waals surface area contributed by atoms with E-state index in [1.807, 2.05) is 11.8 Å². The first kappa shape index (κ1) is 23.3. The van der Waals surface area contributed by atoms with Gasteiger partial charge in [0, 0.05) is 12.8 Å². The van der Waals surface area contributed by atoms with Crippen LogP contribution in [0.2, 0.25) is 0 Å². The Bertz CT molecular complexity index is 834. The van der Waals surface area contributed by atoms with Crippen molar-refractivity contribution in [2.24, 2.45) is 20.7 Å². The summed E-state index contributed by atoms with van der Waals surface area (Å²) in [5.41, 5.74) is 6.23. The van der Waals surface area contributed by atoms with Crippen molar-refractivity contribution in [1.29, 1.82) is 0 Å². The van der Waals surface area contributed by atoms with Gasteiger partial charge in [-0.15, -0.1) is 0 Å². The third-order valence-electron chi connectivity index (χ3n) is 6.22. The van der Waals surface area contributed by atoms with E-state index in [9.17, 15) is 14.7 Å². The number of ether oxygens (including phenoxy) is 1. The smallest absolute Gasteiger partial charge is 0.253 e. The molecule has 0 saturated carbocycles. The highest BCUT2D eigenvalue weighted by Crippen LogP contribution is 2.33. The van der Waals surface area contributed by atoms with E-state index in [0.717, 1.165) is 17.9 Å². The maximum atomic E-state index is 11.5. The van der Waals surface area contributed by atoms with Crippen LogP contribution in [0.4, 0.5) is 0 Å². The molecule has 1 unspecified atom stereocenters. The van der Waals surface area contributed by atoms with Gasteiger partial charge in [0.05, 0.1) is 24.1 Å². The second-order valence-electron chi connectivity index (χ2n) is 8.42. The molecule has 176 valence electrons. The molecule has 4 rings (SSSR count).